The third-order valence-electron chi connectivity index (χ3n) is 4.77. The number of benzene rings is 3. The van der Waals surface area contributed by atoms with Crippen LogP contribution in [0.5, 0.6) is 17.2 Å². The summed E-state index contributed by atoms with van der Waals surface area (Å²) in [6.07, 6.45) is 4.00. The van der Waals surface area contributed by atoms with Gasteiger partial charge in [-0.15, -0.1) is 0 Å². The number of nitrogens with zero attached hydrogens (tertiary/aromatic N) is 1. The second-order valence-corrected chi connectivity index (χ2v) is 8.64. The van der Waals surface area contributed by atoms with Crippen LogP contribution in [0.15, 0.2) is 65.5 Å². The Bertz CT molecular complexity index is 1240. The molecule has 0 radical (unpaired) electrons. The third kappa shape index (κ3) is 3.80. The maximum atomic E-state index is 12.7. The molecular weight excluding hydrogens is 445 g/mol. The van der Waals surface area contributed by atoms with Crippen LogP contribution in [0.25, 0.3) is 27.5 Å². The summed E-state index contributed by atoms with van der Waals surface area (Å²) in [5.41, 5.74) is 2.96. The predicted molar refractivity (Wildman–Crippen MR) is 122 cm³/mol. The summed E-state index contributed by atoms with van der Waals surface area (Å²) < 4.78 is 19.2. The summed E-state index contributed by atoms with van der Waals surface area (Å²) in [6.45, 7) is 0. The van der Waals surface area contributed by atoms with Crippen molar-refractivity contribution in [1.82, 2.24) is 3.56 Å². The fourth-order valence-corrected chi connectivity index (χ4v) is 5.35. The molecule has 1 heterocycles. The van der Waals surface area contributed by atoms with Crippen molar-refractivity contribution < 1.29 is 14.2 Å². The zero-order valence-electron chi connectivity index (χ0n) is 16.9. The molecule has 4 rings (SSSR count). The topological polar surface area (TPSA) is 49.7 Å². The fraction of sp³-hybridized carbons (Fsp3) is 0.125. The first-order valence-corrected chi connectivity index (χ1v) is 11.0. The molecule has 3 aromatic carbocycles. The Balaban J connectivity index is 1.61. The summed E-state index contributed by atoms with van der Waals surface area (Å²) in [5, 5.41) is 0.809. The van der Waals surface area contributed by atoms with E-state index in [4.69, 9.17) is 14.2 Å². The molecular formula is C24H21NO4Se. The van der Waals surface area contributed by atoms with Gasteiger partial charge in [-0.05, 0) is 0 Å². The predicted octanol–water partition coefficient (Wildman–Crippen LogP) is 4.24. The van der Waals surface area contributed by atoms with Crippen molar-refractivity contribution >= 4 is 36.5 Å². The summed E-state index contributed by atoms with van der Waals surface area (Å²) >= 11 is -0.0266. The number of hydrogen-bond acceptors (Lipinski definition) is 4. The first-order chi connectivity index (χ1) is 14.6. The van der Waals surface area contributed by atoms with Gasteiger partial charge in [0, 0.05) is 0 Å². The second kappa shape index (κ2) is 8.66. The molecule has 0 amide bonds. The van der Waals surface area contributed by atoms with Crippen LogP contribution >= 0.6 is 0 Å². The Hall–Kier alpha value is -3.21. The third-order valence-corrected chi connectivity index (χ3v) is 7.11. The van der Waals surface area contributed by atoms with E-state index in [0.717, 1.165) is 26.5 Å². The number of rotatable bonds is 6. The Morgan fingerprint density at radius 2 is 1.43 bits per heavy atom. The van der Waals surface area contributed by atoms with Gasteiger partial charge in [0.1, 0.15) is 0 Å². The smallest absolute Gasteiger partial charge is 0.0779 e. The summed E-state index contributed by atoms with van der Waals surface area (Å²) in [5.74, 6) is 1.79. The molecule has 0 aliphatic carbocycles. The van der Waals surface area contributed by atoms with E-state index in [0.29, 0.717) is 17.2 Å². The van der Waals surface area contributed by atoms with Gasteiger partial charge in [-0.25, -0.2) is 0 Å². The molecule has 6 heteroatoms. The normalized spacial score (nSPS) is 11.2. The number of aromatic nitrogens is 1. The van der Waals surface area contributed by atoms with Gasteiger partial charge >= 0.3 is 174 Å². The molecule has 0 unspecified atom stereocenters. The van der Waals surface area contributed by atoms with Crippen LogP contribution in [-0.2, 0) is 0 Å². The van der Waals surface area contributed by atoms with E-state index in [1.807, 2.05) is 76.4 Å². The van der Waals surface area contributed by atoms with Crippen molar-refractivity contribution in [2.75, 3.05) is 21.3 Å². The summed E-state index contributed by atoms with van der Waals surface area (Å²) in [6, 6.07) is 19.6. The number of methoxy groups -OCH3 is 3. The molecule has 0 N–H and O–H groups in total. The molecule has 1 aromatic heterocycles. The quantitative estimate of drug-likeness (QED) is 0.315. The molecule has 0 aliphatic heterocycles. The van der Waals surface area contributed by atoms with Crippen LogP contribution in [0.4, 0.5) is 0 Å². The van der Waals surface area contributed by atoms with Crippen molar-refractivity contribution in [2.24, 2.45) is 0 Å². The molecule has 30 heavy (non-hydrogen) atoms. The molecule has 0 atom stereocenters. The molecule has 0 spiro atoms. The Morgan fingerprint density at radius 1 is 0.800 bits per heavy atom. The Kier molecular flexibility index (Phi) is 5.79. The number of ether oxygens (including phenoxy) is 3. The van der Waals surface area contributed by atoms with E-state index in [1.165, 1.54) is 0 Å². The van der Waals surface area contributed by atoms with Crippen LogP contribution in [0.3, 0.4) is 0 Å². The monoisotopic (exact) mass is 467 g/mol. The van der Waals surface area contributed by atoms with Gasteiger partial charge in [-0.1, -0.05) is 0 Å². The SMILES string of the molecule is COc1cc(/C=C/c2ccc(-n3[se]c4ccccc4c3=O)cc2)cc(OC)c1OC. The van der Waals surface area contributed by atoms with Crippen molar-refractivity contribution in [3.8, 4) is 22.9 Å². The first kappa shape index (κ1) is 20.1. The Labute approximate surface area is 180 Å². The van der Waals surface area contributed by atoms with Gasteiger partial charge < -0.3 is 0 Å². The van der Waals surface area contributed by atoms with Gasteiger partial charge in [0.15, 0.2) is 0 Å². The van der Waals surface area contributed by atoms with Crippen LogP contribution in [0.2, 0.25) is 0 Å². The van der Waals surface area contributed by atoms with Gasteiger partial charge in [0.25, 0.3) is 0 Å². The van der Waals surface area contributed by atoms with E-state index in [-0.39, 0.29) is 20.3 Å². The van der Waals surface area contributed by atoms with Crippen molar-refractivity contribution in [1.29, 1.82) is 0 Å². The van der Waals surface area contributed by atoms with Crippen molar-refractivity contribution in [3.05, 3.63) is 82.1 Å². The molecule has 5 nitrogen and oxygen atoms in total. The standard InChI is InChI=1S/C24H21NO4Se/c1-27-20-14-17(15-21(28-2)23(20)29-3)9-8-16-10-12-18(13-11-16)25-24(26)19-6-4-5-7-22(19)30-25/h4-15H,1-3H3/b9-8+. The summed E-state index contributed by atoms with van der Waals surface area (Å²) in [4.78, 5) is 12.7. The molecule has 0 fully saturated rings. The van der Waals surface area contributed by atoms with Gasteiger partial charge in [0.05, 0.1) is 7.11 Å². The van der Waals surface area contributed by atoms with Crippen LogP contribution in [0.1, 0.15) is 11.1 Å². The zero-order valence-corrected chi connectivity index (χ0v) is 18.6. The minimum Gasteiger partial charge on any atom is 0.0779 e. The minimum absolute atomic E-state index is 0.0266. The van der Waals surface area contributed by atoms with Crippen molar-refractivity contribution in [3.63, 3.8) is 0 Å². The van der Waals surface area contributed by atoms with E-state index in [9.17, 15) is 4.79 Å². The van der Waals surface area contributed by atoms with E-state index < -0.39 is 0 Å². The number of fused-ring (bicyclic) bond motifs is 1. The second-order valence-electron chi connectivity index (χ2n) is 6.57. The molecule has 0 bridgehead atoms. The van der Waals surface area contributed by atoms with Gasteiger partial charge in [-0.3, -0.25) is 0 Å². The average molecular weight is 466 g/mol. The summed E-state index contributed by atoms with van der Waals surface area (Å²) in [7, 11) is 4.79. The van der Waals surface area contributed by atoms with Gasteiger partial charge in [0.2, 0.25) is 0 Å². The van der Waals surface area contributed by atoms with Crippen LogP contribution < -0.4 is 19.8 Å². The molecule has 0 saturated carbocycles. The van der Waals surface area contributed by atoms with E-state index in [2.05, 4.69) is 0 Å². The fourth-order valence-electron chi connectivity index (χ4n) is 3.25. The molecule has 0 saturated heterocycles. The Morgan fingerprint density at radius 3 is 2.03 bits per heavy atom. The molecule has 0 aliphatic rings. The average Bonchev–Trinajstić information content (AvgIpc) is 3.13. The van der Waals surface area contributed by atoms with E-state index in [1.54, 1.807) is 21.3 Å². The molecule has 152 valence electrons. The van der Waals surface area contributed by atoms with Crippen LogP contribution in [-0.4, -0.2) is 39.6 Å². The van der Waals surface area contributed by atoms with Crippen molar-refractivity contribution in [2.45, 2.75) is 0 Å². The molecule has 4 aromatic rings. The number of hydrogen-bond donors (Lipinski definition) is 0. The van der Waals surface area contributed by atoms with Gasteiger partial charge in [-0.2, -0.15) is 0 Å². The minimum atomic E-state index is -0.0266. The van der Waals surface area contributed by atoms with E-state index >= 15 is 0 Å². The zero-order chi connectivity index (χ0) is 21.1. The maximum absolute atomic E-state index is 12.7. The van der Waals surface area contributed by atoms with Crippen LogP contribution in [0, 0.1) is 0 Å². The first-order valence-electron chi connectivity index (χ1n) is 9.34.